The van der Waals surface area contributed by atoms with Gasteiger partial charge in [0.15, 0.2) is 0 Å². The normalized spacial score (nSPS) is 18.9. The summed E-state index contributed by atoms with van der Waals surface area (Å²) in [6, 6.07) is 7.02. The molecule has 1 aromatic rings. The lowest BCUT2D eigenvalue weighted by atomic mass is 10.1. The molecule has 0 bridgehead atoms. The summed E-state index contributed by atoms with van der Waals surface area (Å²) in [6.07, 6.45) is 3.73. The summed E-state index contributed by atoms with van der Waals surface area (Å²) >= 11 is 0. The molecule has 0 amide bonds. The highest BCUT2D eigenvalue weighted by atomic mass is 32.2. The number of nitrogens with zero attached hydrogens (tertiary/aromatic N) is 1. The molecule has 1 atom stereocenters. The van der Waals surface area contributed by atoms with E-state index < -0.39 is 10.0 Å². The maximum Gasteiger partial charge on any atom is 0.241 e. The number of sulfonamides is 1. The Kier molecular flexibility index (Phi) is 5.18. The van der Waals surface area contributed by atoms with Crippen molar-refractivity contribution in [3.05, 3.63) is 29.8 Å². The quantitative estimate of drug-likeness (QED) is 0.906. The minimum absolute atomic E-state index is 0.0716. The van der Waals surface area contributed by atoms with Gasteiger partial charge in [-0.15, -0.1) is 0 Å². The Balaban J connectivity index is 1.99. The number of likely N-dealkylation sites (tertiary alicyclic amines) is 1. The fraction of sp³-hybridized carbons (Fsp3) is 0.600. The van der Waals surface area contributed by atoms with Gasteiger partial charge in [0.05, 0.1) is 4.90 Å². The minimum Gasteiger partial charge on any atom is -0.302 e. The standard InChI is InChI=1S/C15H24N2O2S/c1-13-8-4-5-9-15(13)20(18,19)16-14(2)12-17-10-6-3-7-11-17/h4-5,8-9,14,16H,3,6-7,10-12H2,1-2H3. The lowest BCUT2D eigenvalue weighted by Gasteiger charge is -2.29. The van der Waals surface area contributed by atoms with Gasteiger partial charge in [-0.25, -0.2) is 13.1 Å². The SMILES string of the molecule is Cc1ccccc1S(=O)(=O)NC(C)CN1CCCCC1. The van der Waals surface area contributed by atoms with Crippen LogP contribution in [0, 0.1) is 6.92 Å². The van der Waals surface area contributed by atoms with Crippen molar-refractivity contribution in [2.75, 3.05) is 19.6 Å². The maximum absolute atomic E-state index is 12.4. The predicted octanol–water partition coefficient (Wildman–Crippen LogP) is 2.15. The first-order valence-corrected chi connectivity index (χ1v) is 8.78. The smallest absolute Gasteiger partial charge is 0.241 e. The second kappa shape index (κ2) is 6.70. The van der Waals surface area contributed by atoms with E-state index in [4.69, 9.17) is 0 Å². The first-order valence-electron chi connectivity index (χ1n) is 7.29. The number of rotatable bonds is 5. The van der Waals surface area contributed by atoms with E-state index in [0.29, 0.717) is 4.90 Å². The highest BCUT2D eigenvalue weighted by molar-refractivity contribution is 7.89. The van der Waals surface area contributed by atoms with Crippen molar-refractivity contribution < 1.29 is 8.42 Å². The van der Waals surface area contributed by atoms with Crippen LogP contribution < -0.4 is 4.72 Å². The summed E-state index contributed by atoms with van der Waals surface area (Å²) < 4.78 is 27.5. The van der Waals surface area contributed by atoms with Gasteiger partial charge in [0.2, 0.25) is 10.0 Å². The highest BCUT2D eigenvalue weighted by Crippen LogP contribution is 2.15. The maximum atomic E-state index is 12.4. The molecular weight excluding hydrogens is 272 g/mol. The van der Waals surface area contributed by atoms with Crippen LogP contribution in [0.2, 0.25) is 0 Å². The molecule has 1 aliphatic heterocycles. The topological polar surface area (TPSA) is 49.4 Å². The third-order valence-corrected chi connectivity index (χ3v) is 5.47. The van der Waals surface area contributed by atoms with Crippen LogP contribution >= 0.6 is 0 Å². The molecule has 0 radical (unpaired) electrons. The Bertz CT molecular complexity index is 537. The Labute approximate surface area is 122 Å². The molecule has 1 unspecified atom stereocenters. The van der Waals surface area contributed by atoms with Gasteiger partial charge in [-0.05, 0) is 51.4 Å². The zero-order valence-electron chi connectivity index (χ0n) is 12.3. The van der Waals surface area contributed by atoms with Crippen LogP contribution in [-0.4, -0.2) is 39.0 Å². The molecule has 0 aromatic heterocycles. The molecule has 20 heavy (non-hydrogen) atoms. The van der Waals surface area contributed by atoms with Gasteiger partial charge in [0, 0.05) is 12.6 Å². The molecule has 0 spiro atoms. The molecule has 1 N–H and O–H groups in total. The third-order valence-electron chi connectivity index (χ3n) is 3.72. The Hall–Kier alpha value is -0.910. The zero-order valence-corrected chi connectivity index (χ0v) is 13.1. The van der Waals surface area contributed by atoms with E-state index in [0.717, 1.165) is 25.2 Å². The minimum atomic E-state index is -3.42. The molecule has 1 fully saturated rings. The Morgan fingerprint density at radius 2 is 1.85 bits per heavy atom. The van der Waals surface area contributed by atoms with E-state index in [-0.39, 0.29) is 6.04 Å². The molecule has 4 nitrogen and oxygen atoms in total. The van der Waals surface area contributed by atoms with Crippen molar-refractivity contribution in [3.8, 4) is 0 Å². The summed E-state index contributed by atoms with van der Waals surface area (Å²) in [4.78, 5) is 2.72. The summed E-state index contributed by atoms with van der Waals surface area (Å²) in [6.45, 7) is 6.70. The summed E-state index contributed by atoms with van der Waals surface area (Å²) in [5, 5.41) is 0. The third kappa shape index (κ3) is 4.04. The molecule has 2 rings (SSSR count). The van der Waals surface area contributed by atoms with Gasteiger partial charge in [-0.3, -0.25) is 0 Å². The van der Waals surface area contributed by atoms with Crippen LogP contribution in [0.5, 0.6) is 0 Å². The second-order valence-electron chi connectivity index (χ2n) is 5.65. The van der Waals surface area contributed by atoms with Gasteiger partial charge in [-0.2, -0.15) is 0 Å². The van der Waals surface area contributed by atoms with E-state index in [2.05, 4.69) is 9.62 Å². The van der Waals surface area contributed by atoms with Gasteiger partial charge < -0.3 is 4.90 Å². The molecule has 1 aromatic carbocycles. The number of piperidine rings is 1. The van der Waals surface area contributed by atoms with Crippen molar-refractivity contribution >= 4 is 10.0 Å². The fourth-order valence-corrected chi connectivity index (χ4v) is 4.23. The molecule has 1 saturated heterocycles. The van der Waals surface area contributed by atoms with Gasteiger partial charge in [0.25, 0.3) is 0 Å². The molecule has 0 aliphatic carbocycles. The van der Waals surface area contributed by atoms with E-state index in [1.165, 1.54) is 19.3 Å². The van der Waals surface area contributed by atoms with Crippen molar-refractivity contribution in [1.82, 2.24) is 9.62 Å². The molecule has 1 heterocycles. The van der Waals surface area contributed by atoms with Crippen molar-refractivity contribution in [1.29, 1.82) is 0 Å². The van der Waals surface area contributed by atoms with Gasteiger partial charge >= 0.3 is 0 Å². The van der Waals surface area contributed by atoms with E-state index in [9.17, 15) is 8.42 Å². The van der Waals surface area contributed by atoms with Gasteiger partial charge in [0.1, 0.15) is 0 Å². The monoisotopic (exact) mass is 296 g/mol. The van der Waals surface area contributed by atoms with Gasteiger partial charge in [-0.1, -0.05) is 24.6 Å². The fourth-order valence-electron chi connectivity index (χ4n) is 2.75. The number of aryl methyl sites for hydroxylation is 1. The molecule has 0 saturated carbocycles. The van der Waals surface area contributed by atoms with Crippen LogP contribution in [-0.2, 0) is 10.0 Å². The predicted molar refractivity (Wildman–Crippen MR) is 81.3 cm³/mol. The van der Waals surface area contributed by atoms with Crippen molar-refractivity contribution in [2.24, 2.45) is 0 Å². The Morgan fingerprint density at radius 3 is 2.50 bits per heavy atom. The number of hydrogen-bond donors (Lipinski definition) is 1. The summed E-state index contributed by atoms with van der Waals surface area (Å²) in [5.41, 5.74) is 0.783. The number of benzene rings is 1. The second-order valence-corrected chi connectivity index (χ2v) is 7.33. The first-order chi connectivity index (χ1) is 9.49. The highest BCUT2D eigenvalue weighted by Gasteiger charge is 2.21. The number of hydrogen-bond acceptors (Lipinski definition) is 3. The van der Waals surface area contributed by atoms with Crippen molar-refractivity contribution in [3.63, 3.8) is 0 Å². The molecule has 5 heteroatoms. The Morgan fingerprint density at radius 1 is 1.20 bits per heavy atom. The molecule has 1 aliphatic rings. The van der Waals surface area contributed by atoms with E-state index in [1.807, 2.05) is 26.0 Å². The molecule has 112 valence electrons. The van der Waals surface area contributed by atoms with Crippen LogP contribution in [0.4, 0.5) is 0 Å². The summed E-state index contributed by atoms with van der Waals surface area (Å²) in [7, 11) is -3.42. The van der Waals surface area contributed by atoms with Crippen LogP contribution in [0.25, 0.3) is 0 Å². The lowest BCUT2D eigenvalue weighted by molar-refractivity contribution is 0.215. The largest absolute Gasteiger partial charge is 0.302 e. The van der Waals surface area contributed by atoms with Crippen LogP contribution in [0.1, 0.15) is 31.7 Å². The lowest BCUT2D eigenvalue weighted by Crippen LogP contribution is -2.43. The first kappa shape index (κ1) is 15.5. The van der Waals surface area contributed by atoms with Crippen LogP contribution in [0.15, 0.2) is 29.2 Å². The van der Waals surface area contributed by atoms with Crippen molar-refractivity contribution in [2.45, 2.75) is 44.0 Å². The zero-order chi connectivity index (χ0) is 14.6. The number of nitrogens with one attached hydrogen (secondary N) is 1. The average Bonchev–Trinajstić information content (AvgIpc) is 2.39. The van der Waals surface area contributed by atoms with Crippen LogP contribution in [0.3, 0.4) is 0 Å². The van der Waals surface area contributed by atoms with E-state index >= 15 is 0 Å². The average molecular weight is 296 g/mol. The van der Waals surface area contributed by atoms with E-state index in [1.54, 1.807) is 12.1 Å². The summed E-state index contributed by atoms with van der Waals surface area (Å²) in [5.74, 6) is 0. The molecular formula is C15H24N2O2S.